The number of ether oxygens (including phenoxy) is 1. The number of aromatic nitrogens is 3. The molecule has 4 aromatic rings. The zero-order valence-corrected chi connectivity index (χ0v) is 19.1. The third kappa shape index (κ3) is 3.91. The SMILES string of the molecule is COc1cc(N2CCN(C(=O)Cn3nc(-c4nccs4)c4ccccc43)CC2)ccc1Cl. The molecule has 1 saturated heterocycles. The number of amides is 1. The summed E-state index contributed by atoms with van der Waals surface area (Å²) in [7, 11) is 1.61. The number of carbonyl (C=O) groups excluding carboxylic acids is 1. The first kappa shape index (κ1) is 20.8. The first-order chi connectivity index (χ1) is 15.6. The van der Waals surface area contributed by atoms with Gasteiger partial charge < -0.3 is 14.5 Å². The Labute approximate surface area is 194 Å². The van der Waals surface area contributed by atoms with Gasteiger partial charge in [-0.05, 0) is 18.2 Å². The Kier molecular flexibility index (Phi) is 5.71. The van der Waals surface area contributed by atoms with Gasteiger partial charge in [0.25, 0.3) is 0 Å². The van der Waals surface area contributed by atoms with Crippen molar-refractivity contribution < 1.29 is 9.53 Å². The molecule has 7 nitrogen and oxygen atoms in total. The van der Waals surface area contributed by atoms with Gasteiger partial charge in [0.2, 0.25) is 5.91 Å². The number of hydrogen-bond acceptors (Lipinski definition) is 6. The maximum Gasteiger partial charge on any atom is 0.244 e. The van der Waals surface area contributed by atoms with Crippen molar-refractivity contribution in [3.8, 4) is 16.5 Å². The summed E-state index contributed by atoms with van der Waals surface area (Å²) in [6.45, 7) is 3.02. The van der Waals surface area contributed by atoms with Gasteiger partial charge in [0.05, 0.1) is 17.6 Å². The molecule has 9 heteroatoms. The Bertz CT molecular complexity index is 1250. The largest absolute Gasteiger partial charge is 0.495 e. The lowest BCUT2D eigenvalue weighted by Gasteiger charge is -2.36. The lowest BCUT2D eigenvalue weighted by atomic mass is 10.2. The summed E-state index contributed by atoms with van der Waals surface area (Å²) >= 11 is 7.69. The van der Waals surface area contributed by atoms with Gasteiger partial charge in [0.1, 0.15) is 23.0 Å². The van der Waals surface area contributed by atoms with E-state index in [4.69, 9.17) is 21.4 Å². The molecule has 1 aliphatic rings. The number of anilines is 1. The van der Waals surface area contributed by atoms with Crippen molar-refractivity contribution in [1.82, 2.24) is 19.7 Å². The molecule has 3 heterocycles. The molecular weight excluding hydrogens is 446 g/mol. The Hall–Kier alpha value is -3.10. The molecule has 1 fully saturated rings. The van der Waals surface area contributed by atoms with Crippen LogP contribution in [0.25, 0.3) is 21.6 Å². The van der Waals surface area contributed by atoms with E-state index in [2.05, 4.69) is 9.88 Å². The minimum atomic E-state index is 0.0669. The smallest absolute Gasteiger partial charge is 0.244 e. The third-order valence-corrected chi connectivity index (χ3v) is 6.80. The van der Waals surface area contributed by atoms with Crippen molar-refractivity contribution in [1.29, 1.82) is 0 Å². The molecule has 164 valence electrons. The van der Waals surface area contributed by atoms with Crippen LogP contribution in [0, 0.1) is 0 Å². The maximum absolute atomic E-state index is 13.1. The zero-order chi connectivity index (χ0) is 22.1. The molecule has 0 saturated carbocycles. The van der Waals surface area contributed by atoms with Crippen LogP contribution in [-0.2, 0) is 11.3 Å². The van der Waals surface area contributed by atoms with E-state index in [1.54, 1.807) is 29.3 Å². The van der Waals surface area contributed by atoms with Crippen LogP contribution in [0.5, 0.6) is 5.75 Å². The monoisotopic (exact) mass is 467 g/mol. The van der Waals surface area contributed by atoms with Crippen LogP contribution in [-0.4, -0.2) is 58.9 Å². The summed E-state index contributed by atoms with van der Waals surface area (Å²) in [4.78, 5) is 21.6. The van der Waals surface area contributed by atoms with E-state index >= 15 is 0 Å². The molecule has 2 aromatic carbocycles. The summed E-state index contributed by atoms with van der Waals surface area (Å²) in [5, 5.41) is 9.13. The van der Waals surface area contributed by atoms with E-state index in [0.29, 0.717) is 23.9 Å². The van der Waals surface area contributed by atoms with E-state index in [0.717, 1.165) is 40.4 Å². The van der Waals surface area contributed by atoms with Crippen LogP contribution in [0.2, 0.25) is 5.02 Å². The molecule has 1 amide bonds. The molecule has 1 aliphatic heterocycles. The van der Waals surface area contributed by atoms with E-state index in [9.17, 15) is 4.79 Å². The average molecular weight is 468 g/mol. The molecule has 32 heavy (non-hydrogen) atoms. The minimum Gasteiger partial charge on any atom is -0.495 e. The van der Waals surface area contributed by atoms with Gasteiger partial charge in [-0.2, -0.15) is 5.10 Å². The number of hydrogen-bond donors (Lipinski definition) is 0. The Morgan fingerprint density at radius 2 is 1.97 bits per heavy atom. The normalized spacial score (nSPS) is 14.2. The number of halogens is 1. The fourth-order valence-corrected chi connectivity index (χ4v) is 4.86. The highest BCUT2D eigenvalue weighted by Crippen LogP contribution is 2.31. The number of fused-ring (bicyclic) bond motifs is 1. The third-order valence-electron chi connectivity index (χ3n) is 5.71. The fourth-order valence-electron chi connectivity index (χ4n) is 4.03. The molecule has 0 bridgehead atoms. The van der Waals surface area contributed by atoms with Gasteiger partial charge in [0, 0.05) is 54.9 Å². The lowest BCUT2D eigenvalue weighted by molar-refractivity contribution is -0.132. The predicted octanol–water partition coefficient (Wildman–Crippen LogP) is 4.17. The van der Waals surface area contributed by atoms with Gasteiger partial charge in [0.15, 0.2) is 0 Å². The first-order valence-electron chi connectivity index (χ1n) is 10.4. The first-order valence-corrected chi connectivity index (χ1v) is 11.6. The number of nitrogens with zero attached hydrogens (tertiary/aromatic N) is 5. The number of carbonyl (C=O) groups is 1. The van der Waals surface area contributed by atoms with E-state index in [-0.39, 0.29) is 12.5 Å². The summed E-state index contributed by atoms with van der Waals surface area (Å²) in [6, 6.07) is 13.7. The van der Waals surface area contributed by atoms with Crippen molar-refractivity contribution in [3.05, 3.63) is 59.1 Å². The molecule has 5 rings (SSSR count). The Balaban J connectivity index is 1.29. The van der Waals surface area contributed by atoms with E-state index in [1.165, 1.54) is 0 Å². The summed E-state index contributed by atoms with van der Waals surface area (Å²) < 4.78 is 7.13. The Morgan fingerprint density at radius 3 is 2.72 bits per heavy atom. The second-order valence-electron chi connectivity index (χ2n) is 7.55. The quantitative estimate of drug-likeness (QED) is 0.441. The van der Waals surface area contributed by atoms with Crippen molar-refractivity contribution >= 4 is 45.4 Å². The second kappa shape index (κ2) is 8.80. The fraction of sp³-hybridized carbons (Fsp3) is 0.261. The molecule has 0 unspecified atom stereocenters. The van der Waals surface area contributed by atoms with Crippen molar-refractivity contribution in [2.45, 2.75) is 6.54 Å². The molecule has 0 spiro atoms. The topological polar surface area (TPSA) is 63.5 Å². The highest BCUT2D eigenvalue weighted by Gasteiger charge is 2.23. The second-order valence-corrected chi connectivity index (χ2v) is 8.85. The number of rotatable bonds is 5. The molecule has 0 N–H and O–H groups in total. The van der Waals surface area contributed by atoms with E-state index < -0.39 is 0 Å². The van der Waals surface area contributed by atoms with Crippen molar-refractivity contribution in [2.24, 2.45) is 0 Å². The van der Waals surface area contributed by atoms with E-state index in [1.807, 2.05) is 52.7 Å². The van der Waals surface area contributed by atoms with Crippen LogP contribution in [0.1, 0.15) is 0 Å². The van der Waals surface area contributed by atoms with Gasteiger partial charge in [-0.3, -0.25) is 9.48 Å². The number of para-hydroxylation sites is 1. The summed E-state index contributed by atoms with van der Waals surface area (Å²) in [6.07, 6.45) is 1.77. The average Bonchev–Trinajstić information content (AvgIpc) is 3.48. The predicted molar refractivity (Wildman–Crippen MR) is 128 cm³/mol. The van der Waals surface area contributed by atoms with Gasteiger partial charge >= 0.3 is 0 Å². The molecular formula is C23H22ClN5O2S. The number of benzene rings is 2. The van der Waals surface area contributed by atoms with Crippen LogP contribution in [0.3, 0.4) is 0 Å². The maximum atomic E-state index is 13.1. The number of piperazine rings is 1. The molecule has 0 aliphatic carbocycles. The van der Waals surface area contributed by atoms with Crippen LogP contribution in [0.4, 0.5) is 5.69 Å². The summed E-state index contributed by atoms with van der Waals surface area (Å²) in [5.41, 5.74) is 2.81. The van der Waals surface area contributed by atoms with Crippen LogP contribution >= 0.6 is 22.9 Å². The zero-order valence-electron chi connectivity index (χ0n) is 17.6. The standard InChI is InChI=1S/C23H22ClN5O2S/c1-31-20-14-16(6-7-18(20)24)27-9-11-28(12-10-27)21(30)15-29-19-5-3-2-4-17(19)22(26-29)23-25-8-13-32-23/h2-8,13-14H,9-12,15H2,1H3. The molecule has 0 atom stereocenters. The van der Waals surface area contributed by atoms with Crippen LogP contribution in [0.15, 0.2) is 54.0 Å². The number of thiazole rings is 1. The van der Waals surface area contributed by atoms with Crippen molar-refractivity contribution in [2.75, 3.05) is 38.2 Å². The van der Waals surface area contributed by atoms with Gasteiger partial charge in [-0.15, -0.1) is 11.3 Å². The minimum absolute atomic E-state index is 0.0669. The highest BCUT2D eigenvalue weighted by molar-refractivity contribution is 7.13. The van der Waals surface area contributed by atoms with Crippen molar-refractivity contribution in [3.63, 3.8) is 0 Å². The van der Waals surface area contributed by atoms with Gasteiger partial charge in [-0.25, -0.2) is 4.98 Å². The van der Waals surface area contributed by atoms with Gasteiger partial charge in [-0.1, -0.05) is 29.8 Å². The summed E-state index contributed by atoms with van der Waals surface area (Å²) in [5.74, 6) is 0.724. The Morgan fingerprint density at radius 1 is 1.16 bits per heavy atom. The highest BCUT2D eigenvalue weighted by atomic mass is 35.5. The number of methoxy groups -OCH3 is 1. The van der Waals surface area contributed by atoms with Crippen LogP contribution < -0.4 is 9.64 Å². The molecule has 2 aromatic heterocycles. The molecule has 0 radical (unpaired) electrons. The lowest BCUT2D eigenvalue weighted by Crippen LogP contribution is -2.49.